The van der Waals surface area contributed by atoms with Crippen LogP contribution in [0.5, 0.6) is 0 Å². The Balaban J connectivity index is 3.17. The first-order chi connectivity index (χ1) is 5.13. The third kappa shape index (κ3) is 1.74. The van der Waals surface area contributed by atoms with Crippen LogP contribution in [-0.4, -0.2) is 4.98 Å². The first-order valence-corrected chi connectivity index (χ1v) is 3.81. The minimum atomic E-state index is -2.49. The van der Waals surface area contributed by atoms with Gasteiger partial charge in [-0.3, -0.25) is 4.98 Å². The van der Waals surface area contributed by atoms with Crippen molar-refractivity contribution < 1.29 is 8.78 Å². The molecule has 1 aromatic rings. The molecule has 4 heteroatoms. The third-order valence-electron chi connectivity index (χ3n) is 1.38. The minimum Gasteiger partial charge on any atom is -0.255 e. The van der Waals surface area contributed by atoms with E-state index in [9.17, 15) is 8.78 Å². The van der Waals surface area contributed by atoms with Crippen molar-refractivity contribution in [1.29, 1.82) is 0 Å². The lowest BCUT2D eigenvalue weighted by Gasteiger charge is -2.03. The number of alkyl halides is 2. The molecular formula is C7H6BrF2N. The van der Waals surface area contributed by atoms with Crippen molar-refractivity contribution in [3.63, 3.8) is 0 Å². The average molecular weight is 222 g/mol. The first-order valence-electron chi connectivity index (χ1n) is 3.02. The largest absolute Gasteiger partial charge is 0.280 e. The van der Waals surface area contributed by atoms with Gasteiger partial charge in [0.1, 0.15) is 5.69 Å². The maximum absolute atomic E-state index is 12.1. The van der Waals surface area contributed by atoms with Crippen molar-refractivity contribution in [2.45, 2.75) is 13.3 Å². The predicted octanol–water partition coefficient (Wildman–Crippen LogP) is 3.09. The summed E-state index contributed by atoms with van der Waals surface area (Å²) in [5.41, 5.74) is 0.349. The molecule has 0 unspecified atom stereocenters. The highest BCUT2D eigenvalue weighted by Crippen LogP contribution is 2.24. The van der Waals surface area contributed by atoms with E-state index in [1.807, 2.05) is 0 Å². The van der Waals surface area contributed by atoms with Crippen LogP contribution < -0.4 is 0 Å². The average Bonchev–Trinajstić information content (AvgIpc) is 1.94. The zero-order chi connectivity index (χ0) is 8.43. The Morgan fingerprint density at radius 1 is 1.55 bits per heavy atom. The number of halogens is 3. The highest BCUT2D eigenvalue weighted by Gasteiger charge is 2.12. The number of hydrogen-bond acceptors (Lipinski definition) is 1. The number of aromatic nitrogens is 1. The molecular weight excluding hydrogens is 216 g/mol. The fraction of sp³-hybridized carbons (Fsp3) is 0.286. The minimum absolute atomic E-state index is 0.153. The van der Waals surface area contributed by atoms with E-state index in [4.69, 9.17) is 0 Å². The van der Waals surface area contributed by atoms with Gasteiger partial charge in [0, 0.05) is 10.7 Å². The van der Waals surface area contributed by atoms with Gasteiger partial charge in [-0.15, -0.1) is 0 Å². The van der Waals surface area contributed by atoms with Gasteiger partial charge in [-0.05, 0) is 18.6 Å². The SMILES string of the molecule is Cc1c(Br)ccnc1C(F)F. The summed E-state index contributed by atoms with van der Waals surface area (Å²) in [7, 11) is 0. The summed E-state index contributed by atoms with van der Waals surface area (Å²) >= 11 is 3.14. The standard InChI is InChI=1S/C7H6BrF2N/c1-4-5(8)2-3-11-6(4)7(9)10/h2-3,7H,1H3. The maximum atomic E-state index is 12.1. The van der Waals surface area contributed by atoms with Crippen LogP contribution in [0.4, 0.5) is 8.78 Å². The van der Waals surface area contributed by atoms with Crippen LogP contribution in [0, 0.1) is 6.92 Å². The van der Waals surface area contributed by atoms with Gasteiger partial charge in [0.05, 0.1) is 0 Å². The molecule has 0 radical (unpaired) electrons. The van der Waals surface area contributed by atoms with Crippen LogP contribution in [0.25, 0.3) is 0 Å². The summed E-state index contributed by atoms with van der Waals surface area (Å²) in [5, 5.41) is 0. The Labute approximate surface area is 71.6 Å². The Kier molecular flexibility index (Phi) is 2.54. The van der Waals surface area contributed by atoms with Gasteiger partial charge >= 0.3 is 0 Å². The molecule has 60 valence electrons. The van der Waals surface area contributed by atoms with Gasteiger partial charge in [0.15, 0.2) is 0 Å². The summed E-state index contributed by atoms with van der Waals surface area (Å²) < 4.78 is 24.9. The van der Waals surface area contributed by atoms with Crippen LogP contribution in [0.3, 0.4) is 0 Å². The Morgan fingerprint density at radius 3 is 2.64 bits per heavy atom. The summed E-state index contributed by atoms with van der Waals surface area (Å²) in [6, 6.07) is 1.64. The van der Waals surface area contributed by atoms with Crippen LogP contribution >= 0.6 is 15.9 Å². The van der Waals surface area contributed by atoms with E-state index < -0.39 is 6.43 Å². The van der Waals surface area contributed by atoms with Crippen molar-refractivity contribution >= 4 is 15.9 Å². The van der Waals surface area contributed by atoms with Crippen molar-refractivity contribution in [2.75, 3.05) is 0 Å². The number of pyridine rings is 1. The van der Waals surface area contributed by atoms with Crippen LogP contribution in [0.1, 0.15) is 17.7 Å². The highest BCUT2D eigenvalue weighted by atomic mass is 79.9. The Hall–Kier alpha value is -0.510. The maximum Gasteiger partial charge on any atom is 0.280 e. The number of nitrogens with zero attached hydrogens (tertiary/aromatic N) is 1. The topological polar surface area (TPSA) is 12.9 Å². The molecule has 0 amide bonds. The molecule has 1 aromatic heterocycles. The molecule has 0 spiro atoms. The van der Waals surface area contributed by atoms with E-state index in [1.165, 1.54) is 6.20 Å². The van der Waals surface area contributed by atoms with Crippen molar-refractivity contribution in [2.24, 2.45) is 0 Å². The zero-order valence-corrected chi connectivity index (χ0v) is 7.40. The second kappa shape index (κ2) is 3.26. The molecule has 0 aliphatic heterocycles. The molecule has 0 N–H and O–H groups in total. The van der Waals surface area contributed by atoms with Crippen molar-refractivity contribution in [3.05, 3.63) is 28.0 Å². The van der Waals surface area contributed by atoms with E-state index in [0.29, 0.717) is 10.0 Å². The number of rotatable bonds is 1. The summed E-state index contributed by atoms with van der Waals surface area (Å²) in [6.45, 7) is 1.61. The van der Waals surface area contributed by atoms with Crippen LogP contribution in [-0.2, 0) is 0 Å². The molecule has 11 heavy (non-hydrogen) atoms. The second-order valence-corrected chi connectivity index (χ2v) is 2.96. The fourth-order valence-electron chi connectivity index (χ4n) is 0.747. The molecule has 1 rings (SSSR count). The normalized spacial score (nSPS) is 10.6. The molecule has 0 saturated heterocycles. The van der Waals surface area contributed by atoms with E-state index in [1.54, 1.807) is 13.0 Å². The van der Waals surface area contributed by atoms with Gasteiger partial charge < -0.3 is 0 Å². The van der Waals surface area contributed by atoms with Crippen molar-refractivity contribution in [1.82, 2.24) is 4.98 Å². The fourth-order valence-corrected chi connectivity index (χ4v) is 1.07. The number of hydrogen-bond donors (Lipinski definition) is 0. The van der Waals surface area contributed by atoms with Crippen molar-refractivity contribution in [3.8, 4) is 0 Å². The molecule has 0 aromatic carbocycles. The highest BCUT2D eigenvalue weighted by molar-refractivity contribution is 9.10. The molecule has 0 aliphatic rings. The Morgan fingerprint density at radius 2 is 2.18 bits per heavy atom. The van der Waals surface area contributed by atoms with Crippen LogP contribution in [0.2, 0.25) is 0 Å². The molecule has 1 heterocycles. The molecule has 0 bridgehead atoms. The van der Waals surface area contributed by atoms with E-state index in [2.05, 4.69) is 20.9 Å². The Bertz CT molecular complexity index is 263. The van der Waals surface area contributed by atoms with E-state index in [-0.39, 0.29) is 5.69 Å². The quantitative estimate of drug-likeness (QED) is 0.711. The lowest BCUT2D eigenvalue weighted by molar-refractivity contribution is 0.145. The molecule has 0 saturated carbocycles. The predicted molar refractivity (Wildman–Crippen MR) is 41.6 cm³/mol. The lowest BCUT2D eigenvalue weighted by Crippen LogP contribution is -1.93. The zero-order valence-electron chi connectivity index (χ0n) is 5.81. The molecule has 1 nitrogen and oxygen atoms in total. The smallest absolute Gasteiger partial charge is 0.255 e. The molecule has 0 atom stereocenters. The molecule has 0 aliphatic carbocycles. The first kappa shape index (κ1) is 8.59. The van der Waals surface area contributed by atoms with Gasteiger partial charge in [0.25, 0.3) is 6.43 Å². The monoisotopic (exact) mass is 221 g/mol. The van der Waals surface area contributed by atoms with Crippen LogP contribution in [0.15, 0.2) is 16.7 Å². The van der Waals surface area contributed by atoms with Gasteiger partial charge in [-0.1, -0.05) is 15.9 Å². The molecule has 0 fully saturated rings. The summed E-state index contributed by atoms with van der Waals surface area (Å²) in [6.07, 6.45) is -1.13. The van der Waals surface area contributed by atoms with E-state index >= 15 is 0 Å². The second-order valence-electron chi connectivity index (χ2n) is 2.10. The van der Waals surface area contributed by atoms with E-state index in [0.717, 1.165) is 0 Å². The summed E-state index contributed by atoms with van der Waals surface area (Å²) in [4.78, 5) is 3.56. The van der Waals surface area contributed by atoms with Gasteiger partial charge in [0.2, 0.25) is 0 Å². The van der Waals surface area contributed by atoms with Gasteiger partial charge in [-0.2, -0.15) is 0 Å². The lowest BCUT2D eigenvalue weighted by atomic mass is 10.2. The summed E-state index contributed by atoms with van der Waals surface area (Å²) in [5.74, 6) is 0. The van der Waals surface area contributed by atoms with Gasteiger partial charge in [-0.25, -0.2) is 8.78 Å². The third-order valence-corrected chi connectivity index (χ3v) is 2.24.